The van der Waals surface area contributed by atoms with Crippen molar-refractivity contribution in [2.24, 2.45) is 0 Å². The molecule has 6 heteroatoms. The minimum atomic E-state index is -0.305. The molecule has 2 heterocycles. The van der Waals surface area contributed by atoms with Gasteiger partial charge in [-0.15, -0.1) is 11.3 Å². The summed E-state index contributed by atoms with van der Waals surface area (Å²) in [6.07, 6.45) is 1.09. The maximum Gasteiger partial charge on any atom is 0.319 e. The van der Waals surface area contributed by atoms with Crippen LogP contribution in [0.4, 0.5) is 16.2 Å². The van der Waals surface area contributed by atoms with E-state index in [1.165, 1.54) is 10.4 Å². The van der Waals surface area contributed by atoms with Gasteiger partial charge in [0.25, 0.3) is 0 Å². The predicted octanol–water partition coefficient (Wildman–Crippen LogP) is 2.81. The molecule has 1 aromatic heterocycles. The number of carbonyl (C=O) groups is 1. The lowest BCUT2D eigenvalue weighted by molar-refractivity contribution is 0.229. The molecule has 0 saturated heterocycles. The first kappa shape index (κ1) is 15.8. The van der Waals surface area contributed by atoms with E-state index in [4.69, 9.17) is 5.11 Å². The second kappa shape index (κ2) is 7.02. The summed E-state index contributed by atoms with van der Waals surface area (Å²) >= 11 is 1.84. The van der Waals surface area contributed by atoms with Crippen LogP contribution in [0.3, 0.4) is 0 Å². The van der Waals surface area contributed by atoms with Gasteiger partial charge in [-0.3, -0.25) is 0 Å². The maximum absolute atomic E-state index is 11.7. The number of rotatable bonds is 4. The molecular formula is C17H21N3O2S. The Hall–Kier alpha value is -2.05. The van der Waals surface area contributed by atoms with E-state index in [2.05, 4.69) is 27.0 Å². The second-order valence-electron chi connectivity index (χ2n) is 5.77. The highest BCUT2D eigenvalue weighted by Crippen LogP contribution is 2.28. The van der Waals surface area contributed by atoms with E-state index in [9.17, 15) is 4.79 Å². The van der Waals surface area contributed by atoms with Gasteiger partial charge in [-0.05, 0) is 54.6 Å². The fraction of sp³-hybridized carbons (Fsp3) is 0.353. The van der Waals surface area contributed by atoms with Crippen LogP contribution in [-0.4, -0.2) is 30.3 Å². The highest BCUT2D eigenvalue weighted by molar-refractivity contribution is 7.10. The number of benzene rings is 1. The minimum Gasteiger partial charge on any atom is -0.394 e. The summed E-state index contributed by atoms with van der Waals surface area (Å²) in [7, 11) is 0. The van der Waals surface area contributed by atoms with Crippen LogP contribution in [0.15, 0.2) is 35.7 Å². The van der Waals surface area contributed by atoms with Crippen molar-refractivity contribution in [2.75, 3.05) is 23.4 Å². The second-order valence-corrected chi connectivity index (χ2v) is 6.77. The number of aliphatic hydroxyl groups is 1. The van der Waals surface area contributed by atoms with Crippen molar-refractivity contribution in [3.05, 3.63) is 46.2 Å². The van der Waals surface area contributed by atoms with Gasteiger partial charge in [0.2, 0.25) is 0 Å². The summed E-state index contributed by atoms with van der Waals surface area (Å²) in [6, 6.07) is 9.51. The van der Waals surface area contributed by atoms with Gasteiger partial charge in [0, 0.05) is 29.3 Å². The summed E-state index contributed by atoms with van der Waals surface area (Å²) in [5.41, 5.74) is 3.32. The normalized spacial score (nSPS) is 15.0. The Labute approximate surface area is 139 Å². The quantitative estimate of drug-likeness (QED) is 0.807. The first-order valence-corrected chi connectivity index (χ1v) is 8.62. The largest absolute Gasteiger partial charge is 0.394 e. The zero-order chi connectivity index (χ0) is 16.2. The lowest BCUT2D eigenvalue weighted by atomic mass is 10.1. The summed E-state index contributed by atoms with van der Waals surface area (Å²) in [5.74, 6) is 0. The summed E-state index contributed by atoms with van der Waals surface area (Å²) in [5, 5.41) is 16.5. The van der Waals surface area contributed by atoms with Gasteiger partial charge < -0.3 is 20.6 Å². The van der Waals surface area contributed by atoms with Crippen molar-refractivity contribution in [3.8, 4) is 0 Å². The molecule has 3 N–H and O–H groups in total. The van der Waals surface area contributed by atoms with Crippen LogP contribution in [-0.2, 0) is 13.0 Å². The molecule has 5 nitrogen and oxygen atoms in total. The van der Waals surface area contributed by atoms with Gasteiger partial charge >= 0.3 is 6.03 Å². The third-order valence-electron chi connectivity index (χ3n) is 3.95. The molecule has 23 heavy (non-hydrogen) atoms. The molecule has 1 aliphatic heterocycles. The number of thiophene rings is 1. The van der Waals surface area contributed by atoms with Crippen LogP contribution >= 0.6 is 11.3 Å². The number of hydrogen-bond acceptors (Lipinski definition) is 4. The van der Waals surface area contributed by atoms with Crippen molar-refractivity contribution >= 4 is 28.7 Å². The molecule has 3 rings (SSSR count). The Balaban J connectivity index is 1.60. The minimum absolute atomic E-state index is 0.0775. The lowest BCUT2D eigenvalue weighted by Gasteiger charge is -2.29. The third kappa shape index (κ3) is 3.83. The van der Waals surface area contributed by atoms with Gasteiger partial charge in [-0.1, -0.05) is 0 Å². The van der Waals surface area contributed by atoms with Gasteiger partial charge in [0.05, 0.1) is 12.6 Å². The average molecular weight is 331 g/mol. The van der Waals surface area contributed by atoms with Gasteiger partial charge in [-0.25, -0.2) is 4.79 Å². The van der Waals surface area contributed by atoms with E-state index >= 15 is 0 Å². The Morgan fingerprint density at radius 2 is 2.13 bits per heavy atom. The lowest BCUT2D eigenvalue weighted by Crippen LogP contribution is -2.38. The molecule has 122 valence electrons. The third-order valence-corrected chi connectivity index (χ3v) is 4.97. The van der Waals surface area contributed by atoms with Crippen LogP contribution < -0.4 is 15.5 Å². The van der Waals surface area contributed by atoms with E-state index in [1.54, 1.807) is 6.92 Å². The molecule has 1 unspecified atom stereocenters. The van der Waals surface area contributed by atoms with Crippen molar-refractivity contribution in [1.29, 1.82) is 0 Å². The van der Waals surface area contributed by atoms with Crippen molar-refractivity contribution in [2.45, 2.75) is 25.9 Å². The number of anilines is 2. The zero-order valence-corrected chi connectivity index (χ0v) is 13.9. The van der Waals surface area contributed by atoms with Crippen LogP contribution in [0.5, 0.6) is 0 Å². The molecule has 0 spiro atoms. The van der Waals surface area contributed by atoms with Crippen LogP contribution in [0, 0.1) is 0 Å². The predicted molar refractivity (Wildman–Crippen MR) is 94.2 cm³/mol. The number of amides is 2. The number of aliphatic hydroxyl groups excluding tert-OH is 1. The fourth-order valence-electron chi connectivity index (χ4n) is 2.66. The number of nitrogens with zero attached hydrogens (tertiary/aromatic N) is 1. The Morgan fingerprint density at radius 1 is 1.35 bits per heavy atom. The van der Waals surface area contributed by atoms with E-state index in [1.807, 2.05) is 35.6 Å². The number of fused-ring (bicyclic) bond motifs is 1. The highest BCUT2D eigenvalue weighted by atomic mass is 32.1. The van der Waals surface area contributed by atoms with E-state index in [0.717, 1.165) is 30.9 Å². The molecule has 1 aromatic carbocycles. The number of hydrogen-bond donors (Lipinski definition) is 3. The topological polar surface area (TPSA) is 64.6 Å². The highest BCUT2D eigenvalue weighted by Gasteiger charge is 2.17. The Morgan fingerprint density at radius 3 is 2.87 bits per heavy atom. The molecule has 1 aliphatic rings. The fourth-order valence-corrected chi connectivity index (χ4v) is 3.55. The maximum atomic E-state index is 11.7. The zero-order valence-electron chi connectivity index (χ0n) is 13.1. The standard InChI is InChI=1S/C17H21N3O2S/c1-12(11-21)18-17(22)19-14-2-4-15(5-3-14)20-8-6-16-13(10-20)7-9-23-16/h2-5,7,9,12,21H,6,8,10-11H2,1H3,(H2,18,19,22). The molecule has 1 atom stereocenters. The van der Waals surface area contributed by atoms with E-state index < -0.39 is 0 Å². The monoisotopic (exact) mass is 331 g/mol. The Kier molecular flexibility index (Phi) is 4.83. The number of nitrogens with one attached hydrogen (secondary N) is 2. The average Bonchev–Trinajstić information content (AvgIpc) is 3.03. The molecule has 0 radical (unpaired) electrons. The van der Waals surface area contributed by atoms with Crippen LogP contribution in [0.1, 0.15) is 17.4 Å². The summed E-state index contributed by atoms with van der Waals surface area (Å²) in [6.45, 7) is 3.64. The molecule has 0 saturated carbocycles. The van der Waals surface area contributed by atoms with Gasteiger partial charge in [0.15, 0.2) is 0 Å². The number of urea groups is 1. The first-order valence-electron chi connectivity index (χ1n) is 7.74. The van der Waals surface area contributed by atoms with Gasteiger partial charge in [-0.2, -0.15) is 0 Å². The molecular weight excluding hydrogens is 310 g/mol. The molecule has 0 fully saturated rings. The SMILES string of the molecule is CC(CO)NC(=O)Nc1ccc(N2CCc3sccc3C2)cc1. The summed E-state index contributed by atoms with van der Waals surface area (Å²) in [4.78, 5) is 15.6. The molecule has 0 aliphatic carbocycles. The van der Waals surface area contributed by atoms with Crippen molar-refractivity contribution < 1.29 is 9.90 Å². The Bertz CT molecular complexity index is 669. The molecule has 2 aromatic rings. The van der Waals surface area contributed by atoms with Crippen LogP contribution in [0.25, 0.3) is 0 Å². The molecule has 0 bridgehead atoms. The van der Waals surface area contributed by atoms with Crippen molar-refractivity contribution in [3.63, 3.8) is 0 Å². The van der Waals surface area contributed by atoms with Crippen LogP contribution in [0.2, 0.25) is 0 Å². The van der Waals surface area contributed by atoms with E-state index in [0.29, 0.717) is 0 Å². The number of carbonyl (C=O) groups excluding carboxylic acids is 1. The van der Waals surface area contributed by atoms with Crippen molar-refractivity contribution in [1.82, 2.24) is 5.32 Å². The first-order chi connectivity index (χ1) is 11.2. The molecule has 2 amide bonds. The van der Waals surface area contributed by atoms with Gasteiger partial charge in [0.1, 0.15) is 0 Å². The smallest absolute Gasteiger partial charge is 0.319 e. The summed E-state index contributed by atoms with van der Waals surface area (Å²) < 4.78 is 0. The van der Waals surface area contributed by atoms with E-state index in [-0.39, 0.29) is 18.7 Å².